The van der Waals surface area contributed by atoms with Gasteiger partial charge in [0.2, 0.25) is 0 Å². The summed E-state index contributed by atoms with van der Waals surface area (Å²) in [5.74, 6) is 1.94. The van der Waals surface area contributed by atoms with Gasteiger partial charge in [-0.3, -0.25) is 9.59 Å². The molecule has 0 spiro atoms. The van der Waals surface area contributed by atoms with Crippen LogP contribution in [0.3, 0.4) is 0 Å². The first-order chi connectivity index (χ1) is 16.2. The molecule has 0 saturated carbocycles. The number of hydrogen-bond donors (Lipinski definition) is 1. The number of para-hydroxylation sites is 1. The largest absolute Gasteiger partial charge is 0.484 e. The smallest absolute Gasteiger partial charge is 0.258 e. The van der Waals surface area contributed by atoms with E-state index in [0.29, 0.717) is 17.9 Å². The van der Waals surface area contributed by atoms with Crippen molar-refractivity contribution in [1.82, 2.24) is 5.32 Å². The molecule has 0 aliphatic rings. The highest BCUT2D eigenvalue weighted by Crippen LogP contribution is 2.21. The number of thioether (sulfide) groups is 1. The van der Waals surface area contributed by atoms with E-state index in [-0.39, 0.29) is 24.1 Å². The van der Waals surface area contributed by atoms with Crippen LogP contribution in [0.2, 0.25) is 0 Å². The van der Waals surface area contributed by atoms with Gasteiger partial charge in [0, 0.05) is 6.42 Å². The lowest BCUT2D eigenvalue weighted by atomic mass is 9.97. The predicted molar refractivity (Wildman–Crippen MR) is 131 cm³/mol. The molecule has 1 N–H and O–H groups in total. The van der Waals surface area contributed by atoms with E-state index in [2.05, 4.69) is 5.32 Å². The summed E-state index contributed by atoms with van der Waals surface area (Å²) < 4.78 is 10.9. The van der Waals surface area contributed by atoms with E-state index in [1.807, 2.05) is 72.8 Å². The summed E-state index contributed by atoms with van der Waals surface area (Å²) in [6.07, 6.45) is 2.03. The van der Waals surface area contributed by atoms with Crippen LogP contribution in [-0.2, 0) is 21.8 Å². The van der Waals surface area contributed by atoms with Gasteiger partial charge in [-0.25, -0.2) is 0 Å². The molecule has 0 aliphatic carbocycles. The summed E-state index contributed by atoms with van der Waals surface area (Å²) in [6, 6.07) is 26.3. The number of benzene rings is 3. The van der Waals surface area contributed by atoms with Gasteiger partial charge in [0.1, 0.15) is 11.5 Å². The first-order valence-corrected chi connectivity index (χ1v) is 11.9. The molecule has 6 heteroatoms. The van der Waals surface area contributed by atoms with E-state index in [1.165, 1.54) is 11.8 Å². The van der Waals surface area contributed by atoms with Crippen molar-refractivity contribution in [3.8, 4) is 5.75 Å². The fourth-order valence-corrected chi connectivity index (χ4v) is 4.45. The Balaban J connectivity index is 1.44. The number of amides is 1. The minimum Gasteiger partial charge on any atom is -0.484 e. The van der Waals surface area contributed by atoms with Crippen LogP contribution in [0.1, 0.15) is 11.3 Å². The number of nitrogens with one attached hydrogen (secondary N) is 1. The lowest BCUT2D eigenvalue weighted by Gasteiger charge is -2.19. The quantitative estimate of drug-likeness (QED) is 0.340. The first kappa shape index (κ1) is 22.7. The lowest BCUT2D eigenvalue weighted by Crippen LogP contribution is -2.45. The molecule has 33 heavy (non-hydrogen) atoms. The molecule has 1 aromatic heterocycles. The third kappa shape index (κ3) is 6.49. The van der Waals surface area contributed by atoms with Crippen LogP contribution >= 0.6 is 11.8 Å². The molecule has 4 rings (SSSR count). The second kappa shape index (κ2) is 11.4. The van der Waals surface area contributed by atoms with E-state index >= 15 is 0 Å². The Morgan fingerprint density at radius 1 is 0.909 bits per heavy atom. The minimum absolute atomic E-state index is 0.0347. The molecule has 0 unspecified atom stereocenters. The van der Waals surface area contributed by atoms with Crippen LogP contribution in [0.25, 0.3) is 10.8 Å². The maximum atomic E-state index is 13.1. The zero-order valence-corrected chi connectivity index (χ0v) is 18.9. The number of ether oxygens (including phenoxy) is 1. The summed E-state index contributed by atoms with van der Waals surface area (Å²) in [5.41, 5.74) is 1.02. The number of fused-ring (bicyclic) bond motifs is 1. The lowest BCUT2D eigenvalue weighted by molar-refractivity contribution is -0.128. The van der Waals surface area contributed by atoms with Crippen molar-refractivity contribution in [3.05, 3.63) is 103 Å². The van der Waals surface area contributed by atoms with Crippen molar-refractivity contribution in [2.75, 3.05) is 12.4 Å². The molecule has 0 saturated heterocycles. The summed E-state index contributed by atoms with van der Waals surface area (Å²) >= 11 is 1.47. The van der Waals surface area contributed by atoms with Gasteiger partial charge in [-0.05, 0) is 40.6 Å². The van der Waals surface area contributed by atoms with Crippen molar-refractivity contribution in [1.29, 1.82) is 0 Å². The van der Waals surface area contributed by atoms with Crippen LogP contribution in [-0.4, -0.2) is 30.1 Å². The number of furan rings is 1. The Morgan fingerprint density at radius 3 is 2.52 bits per heavy atom. The molecule has 4 aromatic rings. The Hall–Kier alpha value is -3.51. The maximum absolute atomic E-state index is 13.1. The predicted octanol–water partition coefficient (Wildman–Crippen LogP) is 5.04. The number of carbonyl (C=O) groups excluding carboxylic acids is 2. The average molecular weight is 460 g/mol. The molecule has 1 amide bonds. The summed E-state index contributed by atoms with van der Waals surface area (Å²) in [5, 5.41) is 5.08. The highest BCUT2D eigenvalue weighted by Gasteiger charge is 2.22. The number of ketones is 1. The van der Waals surface area contributed by atoms with Gasteiger partial charge < -0.3 is 14.5 Å². The summed E-state index contributed by atoms with van der Waals surface area (Å²) in [7, 11) is 0. The SMILES string of the molecule is O=C(COc1ccccc1)N[C@@H](Cc1cccc2ccccc12)C(=O)CSCc1ccco1. The number of hydrogen-bond acceptors (Lipinski definition) is 5. The maximum Gasteiger partial charge on any atom is 0.258 e. The van der Waals surface area contributed by atoms with E-state index in [4.69, 9.17) is 9.15 Å². The molecule has 5 nitrogen and oxygen atoms in total. The summed E-state index contributed by atoms with van der Waals surface area (Å²) in [4.78, 5) is 25.8. The van der Waals surface area contributed by atoms with Crippen molar-refractivity contribution in [2.45, 2.75) is 18.2 Å². The Kier molecular flexibility index (Phi) is 7.82. The molecule has 1 heterocycles. The molecular formula is C27H25NO4S. The molecule has 168 valence electrons. The number of carbonyl (C=O) groups is 2. The third-order valence-corrected chi connectivity index (χ3v) is 6.19. The third-order valence-electron chi connectivity index (χ3n) is 5.21. The summed E-state index contributed by atoms with van der Waals surface area (Å²) in [6.45, 7) is -0.150. The van der Waals surface area contributed by atoms with Crippen LogP contribution in [0.4, 0.5) is 0 Å². The second-order valence-corrected chi connectivity index (χ2v) is 8.59. The highest BCUT2D eigenvalue weighted by atomic mass is 32.2. The monoisotopic (exact) mass is 459 g/mol. The first-order valence-electron chi connectivity index (χ1n) is 10.8. The minimum atomic E-state index is -0.646. The normalized spacial score (nSPS) is 11.8. The van der Waals surface area contributed by atoms with Crippen molar-refractivity contribution in [3.63, 3.8) is 0 Å². The number of rotatable bonds is 11. The van der Waals surface area contributed by atoms with Gasteiger partial charge in [-0.1, -0.05) is 60.7 Å². The molecule has 1 atom stereocenters. The van der Waals surface area contributed by atoms with Gasteiger partial charge in [0.15, 0.2) is 12.4 Å². The standard InChI is InChI=1S/C27H25NO4S/c29-26(19-33-18-23-13-7-15-31-23)25(28-27(30)17-32-22-11-2-1-3-12-22)16-21-10-6-9-20-8-4-5-14-24(20)21/h1-15,25H,16-19H2,(H,28,30)/t25-/m0/s1. The highest BCUT2D eigenvalue weighted by molar-refractivity contribution is 7.99. The van der Waals surface area contributed by atoms with Crippen LogP contribution in [0, 0.1) is 0 Å². The fourth-order valence-electron chi connectivity index (χ4n) is 3.58. The zero-order chi connectivity index (χ0) is 22.9. The van der Waals surface area contributed by atoms with E-state index in [0.717, 1.165) is 22.1 Å². The van der Waals surface area contributed by atoms with E-state index in [1.54, 1.807) is 18.4 Å². The van der Waals surface area contributed by atoms with Crippen molar-refractivity contribution >= 4 is 34.2 Å². The zero-order valence-electron chi connectivity index (χ0n) is 18.1. The van der Waals surface area contributed by atoms with E-state index in [9.17, 15) is 9.59 Å². The van der Waals surface area contributed by atoms with Crippen LogP contribution in [0.5, 0.6) is 5.75 Å². The van der Waals surface area contributed by atoms with Crippen LogP contribution in [0.15, 0.2) is 95.6 Å². The molecular weight excluding hydrogens is 434 g/mol. The molecule has 0 radical (unpaired) electrons. The van der Waals surface area contributed by atoms with Gasteiger partial charge >= 0.3 is 0 Å². The van der Waals surface area contributed by atoms with Gasteiger partial charge in [0.25, 0.3) is 5.91 Å². The van der Waals surface area contributed by atoms with Crippen LogP contribution < -0.4 is 10.1 Å². The van der Waals surface area contributed by atoms with Gasteiger partial charge in [-0.15, -0.1) is 11.8 Å². The Morgan fingerprint density at radius 2 is 1.70 bits per heavy atom. The van der Waals surface area contributed by atoms with Crippen molar-refractivity contribution < 1.29 is 18.7 Å². The Labute approximate surface area is 197 Å². The van der Waals surface area contributed by atoms with Crippen molar-refractivity contribution in [2.24, 2.45) is 0 Å². The van der Waals surface area contributed by atoms with E-state index < -0.39 is 6.04 Å². The number of Topliss-reactive ketones (excluding diaryl/α,β-unsaturated/α-hetero) is 1. The second-order valence-electron chi connectivity index (χ2n) is 7.60. The molecule has 0 bridgehead atoms. The average Bonchev–Trinajstić information content (AvgIpc) is 3.37. The molecule has 3 aromatic carbocycles. The molecule has 0 aliphatic heterocycles. The topological polar surface area (TPSA) is 68.5 Å². The molecule has 0 fully saturated rings. The fraction of sp³-hybridized carbons (Fsp3) is 0.185. The van der Waals surface area contributed by atoms with Gasteiger partial charge in [0.05, 0.1) is 23.8 Å². The van der Waals surface area contributed by atoms with Gasteiger partial charge in [-0.2, -0.15) is 0 Å². The Bertz CT molecular complexity index is 1190.